The van der Waals surface area contributed by atoms with E-state index < -0.39 is 0 Å². The monoisotopic (exact) mass is 317 g/mol. The summed E-state index contributed by atoms with van der Waals surface area (Å²) in [5.74, 6) is 6.36. The molecule has 2 heterocycles. The molecule has 0 aliphatic heterocycles. The van der Waals surface area contributed by atoms with Gasteiger partial charge in [-0.3, -0.25) is 5.84 Å². The highest BCUT2D eigenvalue weighted by Gasteiger charge is 2.05. The molecule has 0 atom stereocenters. The molecule has 5 heteroatoms. The van der Waals surface area contributed by atoms with Gasteiger partial charge in [0.25, 0.3) is 0 Å². The van der Waals surface area contributed by atoms with Gasteiger partial charge in [-0.2, -0.15) is 0 Å². The third kappa shape index (κ3) is 5.28. The average molecular weight is 317 g/mol. The molecule has 0 fully saturated rings. The number of hydrogen-bond donors (Lipinski definition) is 3. The minimum atomic E-state index is 0.358. The molecule has 0 radical (unpaired) electrons. The van der Waals surface area contributed by atoms with Crippen LogP contribution in [0.15, 0.2) is 36.4 Å². The summed E-state index contributed by atoms with van der Waals surface area (Å²) in [6, 6.07) is 4.20. The molecule has 0 aliphatic rings. The van der Waals surface area contributed by atoms with Gasteiger partial charge in [-0.15, -0.1) is 0 Å². The van der Waals surface area contributed by atoms with E-state index in [0.717, 1.165) is 17.0 Å². The van der Waals surface area contributed by atoms with Crippen LogP contribution in [0.3, 0.4) is 0 Å². The van der Waals surface area contributed by atoms with Crippen molar-refractivity contribution >= 4 is 5.65 Å². The van der Waals surface area contributed by atoms with Crippen molar-refractivity contribution in [1.29, 1.82) is 0 Å². The zero-order chi connectivity index (χ0) is 17.4. The summed E-state index contributed by atoms with van der Waals surface area (Å²) in [7, 11) is 0. The van der Waals surface area contributed by atoms with Gasteiger partial charge in [0, 0.05) is 24.3 Å². The zero-order valence-electron chi connectivity index (χ0n) is 15.2. The Bertz CT molecular complexity index is 625. The first kappa shape index (κ1) is 19.0. The van der Waals surface area contributed by atoms with E-state index in [4.69, 9.17) is 5.84 Å². The first-order valence-corrected chi connectivity index (χ1v) is 8.39. The second kappa shape index (κ2) is 9.20. The molecule has 0 spiro atoms. The van der Waals surface area contributed by atoms with Gasteiger partial charge in [0.1, 0.15) is 5.65 Å². The maximum atomic E-state index is 5.48. The molecule has 128 valence electrons. The number of pyridine rings is 1. The van der Waals surface area contributed by atoms with Crippen molar-refractivity contribution in [3.8, 4) is 0 Å². The first-order chi connectivity index (χ1) is 11.0. The smallest absolute Gasteiger partial charge is 0.137 e. The summed E-state index contributed by atoms with van der Waals surface area (Å²) in [5.41, 5.74) is 6.97. The maximum Gasteiger partial charge on any atom is 0.137 e. The van der Waals surface area contributed by atoms with Gasteiger partial charge >= 0.3 is 0 Å². The molecule has 2 rings (SSSR count). The predicted molar refractivity (Wildman–Crippen MR) is 97.7 cm³/mol. The average Bonchev–Trinajstić information content (AvgIpc) is 2.94. The Balaban J connectivity index is 0.00000127. The van der Waals surface area contributed by atoms with Crippen LogP contribution in [0.1, 0.15) is 58.7 Å². The fourth-order valence-corrected chi connectivity index (χ4v) is 2.13. The van der Waals surface area contributed by atoms with E-state index in [2.05, 4.69) is 72.3 Å². The molecule has 0 saturated carbocycles. The van der Waals surface area contributed by atoms with Crippen molar-refractivity contribution < 1.29 is 0 Å². The Morgan fingerprint density at radius 1 is 1.22 bits per heavy atom. The Morgan fingerprint density at radius 2 is 1.91 bits per heavy atom. The summed E-state index contributed by atoms with van der Waals surface area (Å²) < 4.78 is 2.08. The third-order valence-electron chi connectivity index (χ3n) is 3.52. The number of imidazole rings is 1. The highest BCUT2D eigenvalue weighted by Crippen LogP contribution is 2.15. The lowest BCUT2D eigenvalue weighted by Crippen LogP contribution is -2.26. The highest BCUT2D eigenvalue weighted by molar-refractivity contribution is 5.42. The van der Waals surface area contributed by atoms with E-state index in [1.54, 1.807) is 0 Å². The Kier molecular flexibility index (Phi) is 7.62. The standard InChI is InChI=1S/C16H25N5.C2H6/c1-11(2)13-5-6-16-19-14(10-21(16)9-13)7-18-8-15(20-17)12(3)4;1-2/h5-6,8-12,18,20H,7,17H2,1-4H3;1-2H3/b15-8-;. The molecule has 0 aliphatic carbocycles. The van der Waals surface area contributed by atoms with Crippen molar-refractivity contribution in [2.45, 2.75) is 54.0 Å². The van der Waals surface area contributed by atoms with Crippen LogP contribution in [0.25, 0.3) is 5.65 Å². The molecule has 0 saturated heterocycles. The number of aromatic nitrogens is 2. The van der Waals surface area contributed by atoms with Crippen molar-refractivity contribution in [2.75, 3.05) is 0 Å². The topological polar surface area (TPSA) is 67.4 Å². The molecule has 0 amide bonds. The van der Waals surface area contributed by atoms with Crippen LogP contribution in [-0.2, 0) is 6.54 Å². The highest BCUT2D eigenvalue weighted by atomic mass is 15.2. The summed E-state index contributed by atoms with van der Waals surface area (Å²) in [4.78, 5) is 4.60. The number of hydrazine groups is 1. The summed E-state index contributed by atoms with van der Waals surface area (Å²) in [6.07, 6.45) is 6.12. The van der Waals surface area contributed by atoms with Crippen LogP contribution < -0.4 is 16.6 Å². The second-order valence-corrected chi connectivity index (χ2v) is 5.89. The van der Waals surface area contributed by atoms with Gasteiger partial charge in [-0.25, -0.2) is 4.98 Å². The molecule has 2 aromatic rings. The third-order valence-corrected chi connectivity index (χ3v) is 3.52. The Morgan fingerprint density at radius 3 is 2.48 bits per heavy atom. The van der Waals surface area contributed by atoms with E-state index in [0.29, 0.717) is 18.4 Å². The van der Waals surface area contributed by atoms with Crippen molar-refractivity contribution in [3.63, 3.8) is 0 Å². The number of nitrogens with zero attached hydrogens (tertiary/aromatic N) is 2. The molecule has 0 bridgehead atoms. The minimum absolute atomic E-state index is 0.358. The van der Waals surface area contributed by atoms with E-state index in [1.165, 1.54) is 5.56 Å². The summed E-state index contributed by atoms with van der Waals surface area (Å²) in [5, 5.41) is 3.25. The Labute approximate surface area is 140 Å². The number of nitrogens with two attached hydrogens (primary N) is 1. The van der Waals surface area contributed by atoms with Crippen LogP contribution in [0.5, 0.6) is 0 Å². The molecule has 5 nitrogen and oxygen atoms in total. The fourth-order valence-electron chi connectivity index (χ4n) is 2.13. The predicted octanol–water partition coefficient (Wildman–Crippen LogP) is 3.53. The van der Waals surface area contributed by atoms with Gasteiger partial charge in [0.15, 0.2) is 0 Å². The van der Waals surface area contributed by atoms with Crippen LogP contribution in [-0.4, -0.2) is 9.38 Å². The van der Waals surface area contributed by atoms with Gasteiger partial charge in [-0.05, 0) is 23.5 Å². The number of fused-ring (bicyclic) bond motifs is 1. The number of hydrogen-bond acceptors (Lipinski definition) is 4. The normalized spacial score (nSPS) is 11.6. The molecule has 0 unspecified atom stereocenters. The quantitative estimate of drug-likeness (QED) is 0.563. The van der Waals surface area contributed by atoms with E-state index >= 15 is 0 Å². The molecule has 4 N–H and O–H groups in total. The van der Waals surface area contributed by atoms with Gasteiger partial charge in [0.05, 0.1) is 12.2 Å². The van der Waals surface area contributed by atoms with E-state index in [-0.39, 0.29) is 0 Å². The minimum Gasteiger partial charge on any atom is -0.384 e. The van der Waals surface area contributed by atoms with Gasteiger partial charge < -0.3 is 15.1 Å². The van der Waals surface area contributed by atoms with Crippen molar-refractivity contribution in [2.24, 2.45) is 11.8 Å². The van der Waals surface area contributed by atoms with Crippen LogP contribution in [0, 0.1) is 5.92 Å². The lowest BCUT2D eigenvalue weighted by Gasteiger charge is -2.10. The lowest BCUT2D eigenvalue weighted by molar-refractivity contribution is 0.654. The summed E-state index contributed by atoms with van der Waals surface area (Å²) >= 11 is 0. The second-order valence-electron chi connectivity index (χ2n) is 5.89. The number of allylic oxidation sites excluding steroid dienone is 1. The van der Waals surface area contributed by atoms with E-state index in [9.17, 15) is 0 Å². The van der Waals surface area contributed by atoms with Crippen LogP contribution >= 0.6 is 0 Å². The van der Waals surface area contributed by atoms with Crippen LogP contribution in [0.4, 0.5) is 0 Å². The molecular weight excluding hydrogens is 286 g/mol. The largest absolute Gasteiger partial charge is 0.384 e. The maximum absolute atomic E-state index is 5.48. The van der Waals surface area contributed by atoms with Crippen molar-refractivity contribution in [1.82, 2.24) is 20.1 Å². The Hall–Kier alpha value is -2.01. The van der Waals surface area contributed by atoms with E-state index in [1.807, 2.05) is 20.0 Å². The fraction of sp³-hybridized carbons (Fsp3) is 0.500. The first-order valence-electron chi connectivity index (χ1n) is 8.39. The zero-order valence-corrected chi connectivity index (χ0v) is 15.2. The van der Waals surface area contributed by atoms with Gasteiger partial charge in [-0.1, -0.05) is 47.6 Å². The molecular formula is C18H31N5. The van der Waals surface area contributed by atoms with Gasteiger partial charge in [0.2, 0.25) is 0 Å². The number of nitrogens with one attached hydrogen (secondary N) is 2. The molecule has 0 aromatic carbocycles. The molecule has 23 heavy (non-hydrogen) atoms. The lowest BCUT2D eigenvalue weighted by atomic mass is 10.1. The van der Waals surface area contributed by atoms with Crippen molar-refractivity contribution in [3.05, 3.63) is 47.7 Å². The number of rotatable bonds is 6. The van der Waals surface area contributed by atoms with Crippen LogP contribution in [0.2, 0.25) is 0 Å². The summed E-state index contributed by atoms with van der Waals surface area (Å²) in [6.45, 7) is 13.2. The molecule has 2 aromatic heterocycles. The SMILES string of the molecule is CC.CC(C)/C(=C/NCc1cn2cc(C(C)C)ccc2n1)NN.